The van der Waals surface area contributed by atoms with Crippen molar-refractivity contribution in [2.75, 3.05) is 20.1 Å². The number of carbonyl (C=O) groups excluding carboxylic acids is 1. The van der Waals surface area contributed by atoms with Gasteiger partial charge in [0.05, 0.1) is 11.8 Å². The van der Waals surface area contributed by atoms with E-state index >= 15 is 0 Å². The Hall–Kier alpha value is -1.40. The zero-order valence-corrected chi connectivity index (χ0v) is 23.5. The Labute approximate surface area is 218 Å². The molecule has 0 radical (unpaired) electrons. The fourth-order valence-electron chi connectivity index (χ4n) is 9.25. The molecule has 4 aliphatic carbocycles. The lowest BCUT2D eigenvalue weighted by atomic mass is 9.47. The number of nitrogens with one attached hydrogen (secondary N) is 1. The van der Waals surface area contributed by atoms with E-state index in [0.717, 1.165) is 62.6 Å². The van der Waals surface area contributed by atoms with Crippen LogP contribution in [-0.2, 0) is 4.84 Å². The Kier molecular flexibility index (Phi) is 6.85. The summed E-state index contributed by atoms with van der Waals surface area (Å²) in [4.78, 5) is 19.9. The molecule has 2 N–H and O–H groups in total. The molecule has 5 aliphatic rings. The summed E-state index contributed by atoms with van der Waals surface area (Å²) in [7, 11) is 1.81. The molecule has 1 saturated heterocycles. The Morgan fingerprint density at radius 3 is 2.64 bits per heavy atom. The summed E-state index contributed by atoms with van der Waals surface area (Å²) < 4.78 is 0. The summed E-state index contributed by atoms with van der Waals surface area (Å²) in [6.07, 6.45) is 12.1. The first-order valence-corrected chi connectivity index (χ1v) is 14.5. The highest BCUT2D eigenvalue weighted by atomic mass is 16.7. The maximum Gasteiger partial charge on any atom is 0.435 e. The van der Waals surface area contributed by atoms with Gasteiger partial charge in [0.1, 0.15) is 0 Å². The van der Waals surface area contributed by atoms with Crippen LogP contribution in [0.15, 0.2) is 16.8 Å². The van der Waals surface area contributed by atoms with Gasteiger partial charge in [0.25, 0.3) is 0 Å². The minimum atomic E-state index is -0.361. The summed E-state index contributed by atoms with van der Waals surface area (Å²) >= 11 is 0. The van der Waals surface area contributed by atoms with E-state index < -0.39 is 0 Å². The molecule has 0 aromatic rings. The molecule has 6 nitrogen and oxygen atoms in total. The van der Waals surface area contributed by atoms with Crippen molar-refractivity contribution in [3.63, 3.8) is 0 Å². The van der Waals surface area contributed by atoms with Crippen molar-refractivity contribution in [1.82, 2.24) is 10.2 Å². The molecule has 0 bridgehead atoms. The Bertz CT molecular complexity index is 928. The molecule has 1 amide bonds. The van der Waals surface area contributed by atoms with Crippen molar-refractivity contribution in [2.45, 2.75) is 105 Å². The van der Waals surface area contributed by atoms with Gasteiger partial charge in [0, 0.05) is 25.6 Å². The van der Waals surface area contributed by atoms with Gasteiger partial charge in [-0.3, -0.25) is 4.84 Å². The number of rotatable bonds is 4. The lowest BCUT2D eigenvalue weighted by Crippen LogP contribution is -2.50. The topological polar surface area (TPSA) is 74.2 Å². The first kappa shape index (κ1) is 26.2. The second-order valence-corrected chi connectivity index (χ2v) is 14.0. The number of nitrogens with zero attached hydrogens (tertiary/aromatic N) is 2. The van der Waals surface area contributed by atoms with Gasteiger partial charge < -0.3 is 15.3 Å². The van der Waals surface area contributed by atoms with E-state index in [4.69, 9.17) is 4.84 Å². The van der Waals surface area contributed by atoms with E-state index in [1.54, 1.807) is 4.90 Å². The van der Waals surface area contributed by atoms with Crippen molar-refractivity contribution in [2.24, 2.45) is 45.1 Å². The SMILES string of the molecule is C/C(=N\OC(=O)N(C)CC1NCCC1(C)C)[C@H]1CC[C@H]2[C@@H]3CC=C4C[C@@H](O)CC[C@]4(C)[C@H]3CC[C@]12C. The minimum Gasteiger partial charge on any atom is -0.393 e. The van der Waals surface area contributed by atoms with Crippen LogP contribution < -0.4 is 5.32 Å². The predicted octanol–water partition coefficient (Wildman–Crippen LogP) is 5.76. The number of hydrogen-bond acceptors (Lipinski definition) is 5. The molecule has 1 unspecified atom stereocenters. The van der Waals surface area contributed by atoms with Crippen molar-refractivity contribution < 1.29 is 14.7 Å². The minimum absolute atomic E-state index is 0.146. The summed E-state index contributed by atoms with van der Waals surface area (Å²) in [5.41, 5.74) is 3.20. The molecule has 0 spiro atoms. The molecule has 1 heterocycles. The highest BCUT2D eigenvalue weighted by Gasteiger charge is 2.59. The smallest absolute Gasteiger partial charge is 0.393 e. The zero-order chi connectivity index (χ0) is 25.9. The molecule has 4 fully saturated rings. The highest BCUT2D eigenvalue weighted by Crippen LogP contribution is 2.66. The maximum atomic E-state index is 12.7. The second-order valence-electron chi connectivity index (χ2n) is 14.0. The van der Waals surface area contributed by atoms with Crippen molar-refractivity contribution in [3.05, 3.63) is 11.6 Å². The first-order valence-electron chi connectivity index (χ1n) is 14.5. The Morgan fingerprint density at radius 1 is 1.14 bits per heavy atom. The molecule has 0 aromatic carbocycles. The van der Waals surface area contributed by atoms with Crippen LogP contribution in [0.5, 0.6) is 0 Å². The zero-order valence-electron chi connectivity index (χ0n) is 23.5. The van der Waals surface area contributed by atoms with E-state index in [1.165, 1.54) is 24.8 Å². The normalized spacial score (nSPS) is 43.8. The van der Waals surface area contributed by atoms with Gasteiger partial charge in [-0.25, -0.2) is 4.79 Å². The molecular weight excluding hydrogens is 450 g/mol. The fourth-order valence-corrected chi connectivity index (χ4v) is 9.25. The number of fused-ring (bicyclic) bond motifs is 5. The van der Waals surface area contributed by atoms with Crippen LogP contribution in [0.25, 0.3) is 0 Å². The summed E-state index contributed by atoms with van der Waals surface area (Å²) in [5, 5.41) is 18.2. The lowest BCUT2D eigenvalue weighted by Gasteiger charge is -2.58. The average Bonchev–Trinajstić information content (AvgIpc) is 3.35. The van der Waals surface area contributed by atoms with Gasteiger partial charge in [-0.1, -0.05) is 44.5 Å². The molecule has 202 valence electrons. The van der Waals surface area contributed by atoms with Crippen LogP contribution in [0.2, 0.25) is 0 Å². The highest BCUT2D eigenvalue weighted by molar-refractivity contribution is 5.85. The van der Waals surface area contributed by atoms with Crippen molar-refractivity contribution >= 4 is 11.8 Å². The van der Waals surface area contributed by atoms with Gasteiger partial charge >= 0.3 is 6.09 Å². The van der Waals surface area contributed by atoms with Crippen LogP contribution in [0.3, 0.4) is 0 Å². The third-order valence-electron chi connectivity index (χ3n) is 11.7. The van der Waals surface area contributed by atoms with E-state index in [1.807, 2.05) is 7.05 Å². The van der Waals surface area contributed by atoms with E-state index in [0.29, 0.717) is 18.4 Å². The van der Waals surface area contributed by atoms with E-state index in [9.17, 15) is 9.90 Å². The van der Waals surface area contributed by atoms with Crippen LogP contribution in [0, 0.1) is 39.9 Å². The van der Waals surface area contributed by atoms with Gasteiger partial charge in [-0.05, 0) is 105 Å². The number of amides is 1. The monoisotopic (exact) mass is 499 g/mol. The quantitative estimate of drug-likeness (QED) is 0.223. The van der Waals surface area contributed by atoms with Crippen molar-refractivity contribution in [3.8, 4) is 0 Å². The lowest BCUT2D eigenvalue weighted by molar-refractivity contribution is -0.0426. The summed E-state index contributed by atoms with van der Waals surface area (Å²) in [6, 6.07) is 0.282. The first-order chi connectivity index (χ1) is 17.0. The number of aliphatic hydroxyl groups excluding tert-OH is 1. The second kappa shape index (κ2) is 9.41. The van der Waals surface area contributed by atoms with Crippen LogP contribution in [0.4, 0.5) is 4.79 Å². The van der Waals surface area contributed by atoms with Crippen LogP contribution >= 0.6 is 0 Å². The molecule has 3 saturated carbocycles. The van der Waals surface area contributed by atoms with Gasteiger partial charge in [-0.15, -0.1) is 0 Å². The van der Waals surface area contributed by atoms with E-state index in [2.05, 4.69) is 51.2 Å². The fraction of sp³-hybridized carbons (Fsp3) is 0.867. The number of likely N-dealkylation sites (N-methyl/N-ethyl adjacent to an activating group) is 1. The number of carbonyl (C=O) groups is 1. The number of allylic oxidation sites excluding steroid dienone is 1. The van der Waals surface area contributed by atoms with Gasteiger partial charge in [-0.2, -0.15) is 0 Å². The number of oxime groups is 1. The Morgan fingerprint density at radius 2 is 1.92 bits per heavy atom. The third kappa shape index (κ3) is 4.34. The Balaban J connectivity index is 1.24. The average molecular weight is 500 g/mol. The molecule has 0 aromatic heterocycles. The van der Waals surface area contributed by atoms with E-state index in [-0.39, 0.29) is 34.5 Å². The molecular formula is C30H49N3O3. The number of aliphatic hydroxyl groups is 1. The molecule has 8 atom stereocenters. The molecule has 36 heavy (non-hydrogen) atoms. The number of hydrogen-bond donors (Lipinski definition) is 2. The largest absolute Gasteiger partial charge is 0.435 e. The van der Waals surface area contributed by atoms with Crippen molar-refractivity contribution in [1.29, 1.82) is 0 Å². The summed E-state index contributed by atoms with van der Waals surface area (Å²) in [5.74, 6) is 2.53. The molecule has 1 aliphatic heterocycles. The maximum absolute atomic E-state index is 12.7. The van der Waals surface area contributed by atoms with Gasteiger partial charge in [0.2, 0.25) is 0 Å². The third-order valence-corrected chi connectivity index (χ3v) is 11.7. The van der Waals surface area contributed by atoms with Gasteiger partial charge in [0.15, 0.2) is 0 Å². The molecule has 6 heteroatoms. The molecule has 5 rings (SSSR count). The van der Waals surface area contributed by atoms with Crippen LogP contribution in [-0.4, -0.2) is 54.1 Å². The standard InChI is InChI=1S/C30H49N3O3/c1-19(32-36-27(35)33(6)18-26-28(2,3)15-16-31-26)23-9-10-24-22-8-7-20-17-21(34)11-13-29(20,4)25(22)12-14-30(23,24)5/h7,21-26,31,34H,8-18H2,1-6H3/b32-19+/t21-,22-,23+,24-,25-,26?,29-,30+/m0/s1. The predicted molar refractivity (Wildman–Crippen MR) is 144 cm³/mol. The summed E-state index contributed by atoms with van der Waals surface area (Å²) in [6.45, 7) is 13.2. The van der Waals surface area contributed by atoms with Crippen LogP contribution in [0.1, 0.15) is 92.4 Å².